The highest BCUT2D eigenvalue weighted by Gasteiger charge is 2.40. The molecule has 2 aromatic heterocycles. The first-order valence-electron chi connectivity index (χ1n) is 15.3. The van der Waals surface area contributed by atoms with E-state index < -0.39 is 23.3 Å². The molecule has 3 N–H and O–H groups in total. The van der Waals surface area contributed by atoms with Gasteiger partial charge in [0.25, 0.3) is 5.56 Å². The van der Waals surface area contributed by atoms with Crippen molar-refractivity contribution in [1.82, 2.24) is 19.8 Å². The lowest BCUT2D eigenvalue weighted by molar-refractivity contribution is -0.122. The second-order valence-corrected chi connectivity index (χ2v) is 13.3. The van der Waals surface area contributed by atoms with E-state index in [1.54, 1.807) is 11.5 Å². The predicted octanol–water partition coefficient (Wildman–Crippen LogP) is 4.66. The van der Waals surface area contributed by atoms with Crippen molar-refractivity contribution in [3.63, 3.8) is 0 Å². The van der Waals surface area contributed by atoms with Crippen molar-refractivity contribution in [2.24, 2.45) is 0 Å². The monoisotopic (exact) mass is 606 g/mol. The van der Waals surface area contributed by atoms with Crippen LogP contribution in [-0.4, -0.2) is 55.4 Å². The maximum Gasteiger partial charge on any atom is 0.407 e. The zero-order valence-corrected chi connectivity index (χ0v) is 25.8. The summed E-state index contributed by atoms with van der Waals surface area (Å²) in [5.41, 5.74) is 3.45. The molecule has 1 aliphatic carbocycles. The lowest BCUT2D eigenvalue weighted by atomic mass is 9.81. The van der Waals surface area contributed by atoms with Crippen LogP contribution in [0.3, 0.4) is 0 Å². The van der Waals surface area contributed by atoms with Crippen LogP contribution in [-0.2, 0) is 34.7 Å². The van der Waals surface area contributed by atoms with E-state index in [0.29, 0.717) is 59.3 Å². The maximum absolute atomic E-state index is 15.1. The molecule has 10 nitrogen and oxygen atoms in total. The molecule has 1 aromatic carbocycles. The fourth-order valence-corrected chi connectivity index (χ4v) is 7.12. The highest BCUT2D eigenvalue weighted by molar-refractivity contribution is 5.93. The van der Waals surface area contributed by atoms with E-state index in [9.17, 15) is 24.6 Å². The molecule has 0 saturated heterocycles. The molecule has 0 saturated carbocycles. The average molecular weight is 607 g/mol. The Hall–Kier alpha value is -3.83. The van der Waals surface area contributed by atoms with E-state index in [1.807, 2.05) is 33.8 Å². The Morgan fingerprint density at radius 2 is 2.00 bits per heavy atom. The topological polar surface area (TPSA) is 134 Å². The van der Waals surface area contributed by atoms with Crippen LogP contribution in [0.15, 0.2) is 16.9 Å². The van der Waals surface area contributed by atoms with Crippen molar-refractivity contribution >= 4 is 22.9 Å². The Morgan fingerprint density at radius 1 is 1.25 bits per heavy atom. The summed E-state index contributed by atoms with van der Waals surface area (Å²) in [5.74, 6) is -0.558. The minimum absolute atomic E-state index is 0.0879. The second kappa shape index (κ2) is 10.7. The number of carbonyl (C=O) groups excluding carboxylic acids is 1. The van der Waals surface area contributed by atoms with Crippen LogP contribution in [0.2, 0.25) is 0 Å². The molecule has 2 atom stereocenters. The molecule has 2 amide bonds. The zero-order valence-electron chi connectivity index (χ0n) is 25.8. The molecular formula is C33H39FN4O6. The molecule has 0 unspecified atom stereocenters. The molecule has 0 bridgehead atoms. The summed E-state index contributed by atoms with van der Waals surface area (Å²) in [6, 6.07) is 2.85. The summed E-state index contributed by atoms with van der Waals surface area (Å²) in [4.78, 5) is 45.0. The third-order valence-corrected chi connectivity index (χ3v) is 9.57. The molecule has 44 heavy (non-hydrogen) atoms. The zero-order chi connectivity index (χ0) is 31.7. The van der Waals surface area contributed by atoms with Gasteiger partial charge in [0, 0.05) is 41.1 Å². The van der Waals surface area contributed by atoms with Crippen LogP contribution in [0, 0.1) is 12.7 Å². The number of nitrogens with one attached hydrogen (secondary N) is 1. The van der Waals surface area contributed by atoms with Crippen LogP contribution in [0.4, 0.5) is 9.18 Å². The summed E-state index contributed by atoms with van der Waals surface area (Å²) in [7, 11) is 0. The number of halogens is 1. The number of amides is 2. The highest BCUT2D eigenvalue weighted by atomic mass is 19.1. The van der Waals surface area contributed by atoms with Gasteiger partial charge in [0.15, 0.2) is 0 Å². The van der Waals surface area contributed by atoms with Gasteiger partial charge in [-0.2, -0.15) is 0 Å². The number of benzene rings is 1. The number of aromatic nitrogens is 2. The van der Waals surface area contributed by atoms with E-state index in [1.165, 1.54) is 11.0 Å². The molecule has 2 aliphatic heterocycles. The molecule has 11 heteroatoms. The third-order valence-electron chi connectivity index (χ3n) is 9.57. The lowest BCUT2D eigenvalue weighted by Crippen LogP contribution is -2.45. The fraction of sp³-hybridized carbons (Fsp3) is 0.515. The number of nitrogens with zero attached hydrogens (tertiary/aromatic N) is 3. The number of hydrogen-bond donors (Lipinski definition) is 3. The van der Waals surface area contributed by atoms with Crippen LogP contribution >= 0.6 is 0 Å². The average Bonchev–Trinajstić information content (AvgIpc) is 3.33. The normalized spacial score (nSPS) is 20.2. The van der Waals surface area contributed by atoms with Crippen LogP contribution in [0.1, 0.15) is 92.8 Å². The van der Waals surface area contributed by atoms with Crippen LogP contribution < -0.4 is 10.9 Å². The number of ether oxygens (including phenoxy) is 1. The largest absolute Gasteiger partial charge is 0.465 e. The van der Waals surface area contributed by atoms with E-state index in [-0.39, 0.29) is 50.0 Å². The highest BCUT2D eigenvalue weighted by Crippen LogP contribution is 2.45. The van der Waals surface area contributed by atoms with Crippen LogP contribution in [0.25, 0.3) is 22.3 Å². The number of fused-ring (bicyclic) bond motifs is 5. The number of carboxylic acid groups (broad SMARTS) is 1. The van der Waals surface area contributed by atoms with E-state index in [4.69, 9.17) is 9.72 Å². The van der Waals surface area contributed by atoms with Gasteiger partial charge in [-0.25, -0.2) is 14.2 Å². The van der Waals surface area contributed by atoms with Gasteiger partial charge in [-0.05, 0) is 81.7 Å². The SMILES string of the molecule is CC[C@@]1(O)COCc2c1cc1n(c2=O)Cc2c-1nc1cc(F)c(C)c3c1c2[C@@H](NC(=O)CCCN(C(=O)O)C(C)(C)C)CC3. The van der Waals surface area contributed by atoms with Gasteiger partial charge in [-0.1, -0.05) is 6.92 Å². The molecule has 0 spiro atoms. The summed E-state index contributed by atoms with van der Waals surface area (Å²) in [5, 5.41) is 24.9. The molecule has 6 rings (SSSR count). The van der Waals surface area contributed by atoms with Crippen molar-refractivity contribution in [2.75, 3.05) is 13.2 Å². The first kappa shape index (κ1) is 30.2. The molecule has 3 aliphatic rings. The summed E-state index contributed by atoms with van der Waals surface area (Å²) < 4.78 is 22.4. The second-order valence-electron chi connectivity index (χ2n) is 13.3. The number of pyridine rings is 2. The molecular weight excluding hydrogens is 567 g/mol. The van der Waals surface area contributed by atoms with E-state index in [2.05, 4.69) is 5.32 Å². The number of carbonyl (C=O) groups is 2. The van der Waals surface area contributed by atoms with E-state index >= 15 is 4.39 Å². The van der Waals surface area contributed by atoms with Gasteiger partial charge in [-0.15, -0.1) is 0 Å². The van der Waals surface area contributed by atoms with Gasteiger partial charge in [-0.3, -0.25) is 9.59 Å². The fourth-order valence-electron chi connectivity index (χ4n) is 7.12. The Bertz CT molecular complexity index is 1780. The van der Waals surface area contributed by atoms with Gasteiger partial charge in [0.05, 0.1) is 42.7 Å². The number of rotatable bonds is 6. The standard InChI is InChI=1S/C33H39FN4O6/c1-6-33(43)16-44-15-20-21(33)12-25-29-19(14-37(25)30(20)40)28-23(10-9-18-17(2)22(34)13-24(36-29)27(18)28)35-26(39)8-7-11-38(31(41)42)32(3,4)5/h12-13,23,43H,6-11,14-16H2,1-5H3,(H,35,39)(H,41,42)/t23-,33+/m0/s1. The van der Waals surface area contributed by atoms with Gasteiger partial charge < -0.3 is 29.7 Å². The predicted molar refractivity (Wildman–Crippen MR) is 162 cm³/mol. The van der Waals surface area contributed by atoms with Gasteiger partial charge in [0.1, 0.15) is 11.4 Å². The first-order valence-corrected chi connectivity index (χ1v) is 15.3. The smallest absolute Gasteiger partial charge is 0.407 e. The van der Waals surface area contributed by atoms with Crippen molar-refractivity contribution in [1.29, 1.82) is 0 Å². The number of hydrogen-bond acceptors (Lipinski definition) is 6. The molecule has 0 fully saturated rings. The minimum Gasteiger partial charge on any atom is -0.465 e. The Morgan fingerprint density at radius 3 is 2.68 bits per heavy atom. The molecule has 4 heterocycles. The summed E-state index contributed by atoms with van der Waals surface area (Å²) >= 11 is 0. The lowest BCUT2D eigenvalue weighted by Gasteiger charge is -2.33. The van der Waals surface area contributed by atoms with Crippen LogP contribution in [0.5, 0.6) is 0 Å². The summed E-state index contributed by atoms with van der Waals surface area (Å²) in [6.07, 6.45) is 0.944. The van der Waals surface area contributed by atoms with Crippen molar-refractivity contribution in [3.8, 4) is 11.4 Å². The molecule has 234 valence electrons. The van der Waals surface area contributed by atoms with Gasteiger partial charge in [0.2, 0.25) is 5.91 Å². The van der Waals surface area contributed by atoms with Gasteiger partial charge >= 0.3 is 6.09 Å². The Kier molecular flexibility index (Phi) is 7.32. The summed E-state index contributed by atoms with van der Waals surface area (Å²) in [6.45, 7) is 9.70. The Labute approximate surface area is 254 Å². The van der Waals surface area contributed by atoms with Crippen molar-refractivity contribution in [3.05, 3.63) is 61.7 Å². The van der Waals surface area contributed by atoms with E-state index in [0.717, 1.165) is 22.1 Å². The molecule has 3 aromatic rings. The number of aryl methyl sites for hydroxylation is 1. The number of aliphatic hydroxyl groups is 1. The first-order chi connectivity index (χ1) is 20.7. The Balaban J connectivity index is 1.40. The van der Waals surface area contributed by atoms with Crippen molar-refractivity contribution in [2.45, 2.75) is 97.1 Å². The van der Waals surface area contributed by atoms with Crippen molar-refractivity contribution < 1.29 is 28.9 Å². The quantitative estimate of drug-likeness (QED) is 0.291. The third kappa shape index (κ3) is 4.77. The minimum atomic E-state index is -1.30. The molecule has 0 radical (unpaired) electrons. The maximum atomic E-state index is 15.1.